The van der Waals surface area contributed by atoms with Crippen LogP contribution >= 0.6 is 0 Å². The molecule has 0 radical (unpaired) electrons. The highest BCUT2D eigenvalue weighted by atomic mass is 16.5. The molecule has 0 unspecified atom stereocenters. The molecule has 0 spiro atoms. The number of aromatic nitrogens is 3. The molecule has 3 aromatic heterocycles. The summed E-state index contributed by atoms with van der Waals surface area (Å²) in [5, 5.41) is 7.67. The second-order valence-corrected chi connectivity index (χ2v) is 8.69. The van der Waals surface area contributed by atoms with Crippen LogP contribution in [0.15, 0.2) is 77.4 Å². The molecule has 0 fully saturated rings. The first-order chi connectivity index (χ1) is 17.5. The van der Waals surface area contributed by atoms with E-state index in [0.29, 0.717) is 36.1 Å². The van der Waals surface area contributed by atoms with Crippen LogP contribution in [0.2, 0.25) is 0 Å². The van der Waals surface area contributed by atoms with Gasteiger partial charge in [-0.15, -0.1) is 0 Å². The van der Waals surface area contributed by atoms with Crippen molar-refractivity contribution < 1.29 is 9.32 Å². The van der Waals surface area contributed by atoms with Crippen LogP contribution in [-0.4, -0.2) is 27.6 Å². The van der Waals surface area contributed by atoms with Gasteiger partial charge in [-0.1, -0.05) is 59.8 Å². The molecule has 7 nitrogen and oxygen atoms in total. The second-order valence-electron chi connectivity index (χ2n) is 8.69. The maximum atomic E-state index is 13.2. The average molecular weight is 478 g/mol. The molecule has 180 valence electrons. The Balaban J connectivity index is 1.53. The third-order valence-electron chi connectivity index (χ3n) is 6.35. The van der Waals surface area contributed by atoms with Crippen molar-refractivity contribution in [2.24, 2.45) is 5.73 Å². The molecule has 0 bridgehead atoms. The molecule has 5 rings (SSSR count). The highest BCUT2D eigenvalue weighted by Gasteiger charge is 2.18. The fraction of sp³-hybridized carbons (Fsp3) is 0.172. The first-order valence-electron chi connectivity index (χ1n) is 11.9. The molecular weight excluding hydrogens is 450 g/mol. The van der Waals surface area contributed by atoms with Crippen LogP contribution in [0.4, 0.5) is 0 Å². The number of pyridine rings is 2. The molecule has 3 N–H and O–H groups in total. The summed E-state index contributed by atoms with van der Waals surface area (Å²) in [6.45, 7) is 4.71. The van der Waals surface area contributed by atoms with Gasteiger partial charge in [0.25, 0.3) is 5.91 Å². The lowest BCUT2D eigenvalue weighted by atomic mass is 9.96. The molecule has 7 heteroatoms. The van der Waals surface area contributed by atoms with Crippen molar-refractivity contribution in [3.63, 3.8) is 0 Å². The Morgan fingerprint density at radius 1 is 1.00 bits per heavy atom. The van der Waals surface area contributed by atoms with Gasteiger partial charge < -0.3 is 15.6 Å². The first kappa shape index (κ1) is 23.4. The van der Waals surface area contributed by atoms with Gasteiger partial charge >= 0.3 is 0 Å². The number of amides is 1. The molecule has 3 heterocycles. The fourth-order valence-corrected chi connectivity index (χ4v) is 4.38. The van der Waals surface area contributed by atoms with Gasteiger partial charge in [-0.2, -0.15) is 0 Å². The van der Waals surface area contributed by atoms with E-state index in [0.717, 1.165) is 45.0 Å². The van der Waals surface area contributed by atoms with Gasteiger partial charge in [0.2, 0.25) is 0 Å². The summed E-state index contributed by atoms with van der Waals surface area (Å²) in [6, 6.07) is 22.0. The van der Waals surface area contributed by atoms with Crippen molar-refractivity contribution in [3.05, 3.63) is 101 Å². The Bertz CT molecular complexity index is 1510. The Labute approximate surface area is 209 Å². The van der Waals surface area contributed by atoms with Crippen molar-refractivity contribution in [3.8, 4) is 22.4 Å². The molecule has 1 amide bonds. The highest BCUT2D eigenvalue weighted by molar-refractivity contribution is 6.06. The molecule has 0 atom stereocenters. The van der Waals surface area contributed by atoms with Gasteiger partial charge in [-0.05, 0) is 43.5 Å². The van der Waals surface area contributed by atoms with E-state index in [2.05, 4.69) is 15.5 Å². The number of nitrogens with zero attached hydrogens (tertiary/aromatic N) is 3. The predicted octanol–water partition coefficient (Wildman–Crippen LogP) is 5.00. The number of carbonyl (C=O) groups is 1. The summed E-state index contributed by atoms with van der Waals surface area (Å²) in [5.41, 5.74) is 13.5. The van der Waals surface area contributed by atoms with Crippen LogP contribution in [-0.2, 0) is 13.0 Å². The normalized spacial score (nSPS) is 11.1. The molecule has 0 aliphatic heterocycles. The van der Waals surface area contributed by atoms with Crippen molar-refractivity contribution in [1.29, 1.82) is 0 Å². The molecule has 0 saturated heterocycles. The molecule has 0 aliphatic rings. The van der Waals surface area contributed by atoms with Gasteiger partial charge in [0.05, 0.1) is 16.9 Å². The summed E-state index contributed by atoms with van der Waals surface area (Å²) in [7, 11) is 0. The van der Waals surface area contributed by atoms with E-state index in [4.69, 9.17) is 15.2 Å². The van der Waals surface area contributed by atoms with E-state index in [-0.39, 0.29) is 5.91 Å². The predicted molar refractivity (Wildman–Crippen MR) is 140 cm³/mol. The van der Waals surface area contributed by atoms with E-state index in [1.165, 1.54) is 0 Å². The summed E-state index contributed by atoms with van der Waals surface area (Å²) in [6.07, 6.45) is 2.26. The summed E-state index contributed by atoms with van der Waals surface area (Å²) in [5.74, 6) is 0.530. The van der Waals surface area contributed by atoms with Crippen LogP contribution in [0.3, 0.4) is 0 Å². The number of aryl methyl sites for hydroxylation is 2. The number of nitrogens with one attached hydrogen (secondary N) is 1. The SMILES string of the molecule is Cc1noc(C)c1CCNC(=O)c1nccc2nc(-c3ccc(CN)cc3)c(-c3ccccc3)cc12. The third kappa shape index (κ3) is 4.61. The number of hydrogen-bond acceptors (Lipinski definition) is 6. The van der Waals surface area contributed by atoms with Gasteiger partial charge in [-0.3, -0.25) is 9.78 Å². The molecule has 0 aliphatic carbocycles. The third-order valence-corrected chi connectivity index (χ3v) is 6.35. The number of benzene rings is 2. The number of fused-ring (bicyclic) bond motifs is 1. The standard InChI is InChI=1S/C29H27N5O2/c1-18-23(19(2)36-34-18)12-14-32-29(35)28-25-16-24(21-6-4-3-5-7-21)27(33-26(25)13-15-31-28)22-10-8-20(17-30)9-11-22/h3-11,13,15-16H,12,14,17,30H2,1-2H3,(H,32,35). The average Bonchev–Trinajstić information content (AvgIpc) is 3.24. The monoisotopic (exact) mass is 477 g/mol. The van der Waals surface area contributed by atoms with E-state index >= 15 is 0 Å². The van der Waals surface area contributed by atoms with Gasteiger partial charge in [0.15, 0.2) is 0 Å². The molecule has 2 aromatic carbocycles. The molecule has 36 heavy (non-hydrogen) atoms. The van der Waals surface area contributed by atoms with Crippen LogP contribution in [0.1, 0.15) is 33.1 Å². The van der Waals surface area contributed by atoms with Crippen molar-refractivity contribution in [2.75, 3.05) is 6.54 Å². The van der Waals surface area contributed by atoms with E-state index in [1.54, 1.807) is 6.20 Å². The summed E-state index contributed by atoms with van der Waals surface area (Å²) >= 11 is 0. The number of carbonyl (C=O) groups excluding carboxylic acids is 1. The molecule has 5 aromatic rings. The molecule has 0 saturated carbocycles. The number of rotatable bonds is 7. The Morgan fingerprint density at radius 2 is 1.78 bits per heavy atom. The summed E-state index contributed by atoms with van der Waals surface area (Å²) in [4.78, 5) is 22.6. The summed E-state index contributed by atoms with van der Waals surface area (Å²) < 4.78 is 5.22. The van der Waals surface area contributed by atoms with Crippen LogP contribution in [0, 0.1) is 13.8 Å². The minimum absolute atomic E-state index is 0.242. The van der Waals surface area contributed by atoms with E-state index in [9.17, 15) is 4.79 Å². The fourth-order valence-electron chi connectivity index (χ4n) is 4.38. The largest absolute Gasteiger partial charge is 0.361 e. The Hall–Kier alpha value is -4.36. The second kappa shape index (κ2) is 10.1. The van der Waals surface area contributed by atoms with Crippen molar-refractivity contribution in [2.45, 2.75) is 26.8 Å². The van der Waals surface area contributed by atoms with Gasteiger partial charge in [-0.25, -0.2) is 4.98 Å². The topological polar surface area (TPSA) is 107 Å². The van der Waals surface area contributed by atoms with Gasteiger partial charge in [0, 0.05) is 41.4 Å². The van der Waals surface area contributed by atoms with Crippen LogP contribution in [0.25, 0.3) is 33.3 Å². The van der Waals surface area contributed by atoms with Gasteiger partial charge in [0.1, 0.15) is 11.5 Å². The molecular formula is C29H27N5O2. The highest BCUT2D eigenvalue weighted by Crippen LogP contribution is 2.34. The van der Waals surface area contributed by atoms with E-state index < -0.39 is 0 Å². The lowest BCUT2D eigenvalue weighted by molar-refractivity contribution is 0.0951. The Morgan fingerprint density at radius 3 is 2.47 bits per heavy atom. The lowest BCUT2D eigenvalue weighted by Gasteiger charge is -2.14. The van der Waals surface area contributed by atoms with Crippen LogP contribution in [0.5, 0.6) is 0 Å². The quantitative estimate of drug-likeness (QED) is 0.342. The smallest absolute Gasteiger partial charge is 0.270 e. The maximum Gasteiger partial charge on any atom is 0.270 e. The number of hydrogen-bond donors (Lipinski definition) is 2. The minimum Gasteiger partial charge on any atom is -0.361 e. The lowest BCUT2D eigenvalue weighted by Crippen LogP contribution is -2.27. The first-order valence-corrected chi connectivity index (χ1v) is 11.9. The minimum atomic E-state index is -0.242. The van der Waals surface area contributed by atoms with Crippen LogP contribution < -0.4 is 11.1 Å². The van der Waals surface area contributed by atoms with Crippen molar-refractivity contribution >= 4 is 16.8 Å². The van der Waals surface area contributed by atoms with E-state index in [1.807, 2.05) is 80.6 Å². The zero-order valence-corrected chi connectivity index (χ0v) is 20.3. The zero-order valence-electron chi connectivity index (χ0n) is 20.3. The zero-order chi connectivity index (χ0) is 25.1. The number of nitrogens with two attached hydrogens (primary N) is 1. The van der Waals surface area contributed by atoms with Crippen molar-refractivity contribution in [1.82, 2.24) is 20.4 Å². The maximum absolute atomic E-state index is 13.2. The Kier molecular flexibility index (Phi) is 6.56.